The predicted molar refractivity (Wildman–Crippen MR) is 82.2 cm³/mol. The molecule has 0 aliphatic carbocycles. The van der Waals surface area contributed by atoms with E-state index in [4.69, 9.17) is 0 Å². The van der Waals surface area contributed by atoms with Crippen molar-refractivity contribution < 1.29 is 5.11 Å². The standard InChI is InChI=1S/C18H19NO/c1-15(18(20)17-12-6-3-7-13-17)19-14-8-11-16-9-4-2-5-10-16/h2-7,9-10,12-13,15,18-20H,14H2,1H3/t15-,18-/m0/s1. The van der Waals surface area contributed by atoms with Crippen molar-refractivity contribution in [3.63, 3.8) is 0 Å². The van der Waals surface area contributed by atoms with Crippen LogP contribution >= 0.6 is 0 Å². The largest absolute Gasteiger partial charge is 0.387 e. The number of hydrogen-bond acceptors (Lipinski definition) is 2. The third kappa shape index (κ3) is 4.24. The molecule has 2 aromatic rings. The maximum atomic E-state index is 10.2. The molecule has 0 bridgehead atoms. The van der Waals surface area contributed by atoms with E-state index in [1.54, 1.807) is 0 Å². The molecular formula is C18H19NO. The molecule has 102 valence electrons. The molecule has 0 unspecified atom stereocenters. The average Bonchev–Trinajstić information content (AvgIpc) is 2.52. The van der Waals surface area contributed by atoms with Gasteiger partial charge < -0.3 is 10.4 Å². The van der Waals surface area contributed by atoms with Crippen molar-refractivity contribution in [2.45, 2.75) is 19.1 Å². The molecule has 0 fully saturated rings. The Hall–Kier alpha value is -2.08. The van der Waals surface area contributed by atoms with E-state index in [1.807, 2.05) is 67.6 Å². The van der Waals surface area contributed by atoms with E-state index < -0.39 is 6.10 Å². The summed E-state index contributed by atoms with van der Waals surface area (Å²) in [5, 5.41) is 13.4. The first-order chi connectivity index (χ1) is 9.77. The van der Waals surface area contributed by atoms with Crippen molar-refractivity contribution in [2.24, 2.45) is 0 Å². The Morgan fingerprint density at radius 3 is 2.25 bits per heavy atom. The lowest BCUT2D eigenvalue weighted by atomic mass is 10.0. The summed E-state index contributed by atoms with van der Waals surface area (Å²) in [6.07, 6.45) is -0.519. The number of nitrogens with one attached hydrogen (secondary N) is 1. The maximum absolute atomic E-state index is 10.2. The molecule has 0 radical (unpaired) electrons. The van der Waals surface area contributed by atoms with Crippen LogP contribution in [0.4, 0.5) is 0 Å². The molecule has 20 heavy (non-hydrogen) atoms. The minimum Gasteiger partial charge on any atom is -0.387 e. The number of rotatable bonds is 4. The highest BCUT2D eigenvalue weighted by Crippen LogP contribution is 2.15. The quantitative estimate of drug-likeness (QED) is 0.833. The molecule has 2 rings (SSSR count). The lowest BCUT2D eigenvalue weighted by Crippen LogP contribution is -2.32. The summed E-state index contributed by atoms with van der Waals surface area (Å²) in [7, 11) is 0. The first kappa shape index (κ1) is 14.3. The molecule has 0 aliphatic heterocycles. The van der Waals surface area contributed by atoms with Gasteiger partial charge in [0.2, 0.25) is 0 Å². The van der Waals surface area contributed by atoms with Crippen LogP contribution in [-0.2, 0) is 0 Å². The maximum Gasteiger partial charge on any atom is 0.0940 e. The van der Waals surface area contributed by atoms with Crippen molar-refractivity contribution in [3.8, 4) is 11.8 Å². The zero-order valence-electron chi connectivity index (χ0n) is 11.6. The molecule has 2 aromatic carbocycles. The smallest absolute Gasteiger partial charge is 0.0940 e. The van der Waals surface area contributed by atoms with Gasteiger partial charge in [-0.3, -0.25) is 0 Å². The Balaban J connectivity index is 1.84. The number of aliphatic hydroxyl groups excluding tert-OH is 1. The molecular weight excluding hydrogens is 246 g/mol. The highest BCUT2D eigenvalue weighted by Gasteiger charge is 2.14. The van der Waals surface area contributed by atoms with Gasteiger partial charge in [0.1, 0.15) is 0 Å². The fourth-order valence-electron chi connectivity index (χ4n) is 1.93. The lowest BCUT2D eigenvalue weighted by molar-refractivity contribution is 0.138. The zero-order valence-corrected chi connectivity index (χ0v) is 11.6. The van der Waals surface area contributed by atoms with Gasteiger partial charge in [0.15, 0.2) is 0 Å². The Labute approximate surface area is 120 Å². The highest BCUT2D eigenvalue weighted by molar-refractivity contribution is 5.33. The van der Waals surface area contributed by atoms with Crippen LogP contribution in [0.5, 0.6) is 0 Å². The molecule has 0 heterocycles. The summed E-state index contributed by atoms with van der Waals surface area (Å²) < 4.78 is 0. The van der Waals surface area contributed by atoms with Crippen LogP contribution in [0.3, 0.4) is 0 Å². The zero-order chi connectivity index (χ0) is 14.2. The van der Waals surface area contributed by atoms with E-state index in [0.717, 1.165) is 11.1 Å². The molecule has 2 N–H and O–H groups in total. The Morgan fingerprint density at radius 1 is 1.00 bits per heavy atom. The lowest BCUT2D eigenvalue weighted by Gasteiger charge is -2.19. The summed E-state index contributed by atoms with van der Waals surface area (Å²) in [4.78, 5) is 0. The van der Waals surface area contributed by atoms with Gasteiger partial charge in [0.25, 0.3) is 0 Å². The van der Waals surface area contributed by atoms with Crippen molar-refractivity contribution in [1.82, 2.24) is 5.32 Å². The minimum absolute atomic E-state index is 0.0394. The fraction of sp³-hybridized carbons (Fsp3) is 0.222. The van der Waals surface area contributed by atoms with Crippen LogP contribution in [0, 0.1) is 11.8 Å². The van der Waals surface area contributed by atoms with Gasteiger partial charge >= 0.3 is 0 Å². The summed E-state index contributed by atoms with van der Waals surface area (Å²) >= 11 is 0. The molecule has 2 nitrogen and oxygen atoms in total. The van der Waals surface area contributed by atoms with E-state index in [-0.39, 0.29) is 6.04 Å². The highest BCUT2D eigenvalue weighted by atomic mass is 16.3. The van der Waals surface area contributed by atoms with Crippen LogP contribution in [-0.4, -0.2) is 17.7 Å². The molecule has 0 saturated carbocycles. The fourth-order valence-corrected chi connectivity index (χ4v) is 1.93. The summed E-state index contributed by atoms with van der Waals surface area (Å²) in [5.41, 5.74) is 1.93. The minimum atomic E-state index is -0.519. The van der Waals surface area contributed by atoms with Gasteiger partial charge in [-0.2, -0.15) is 0 Å². The molecule has 0 spiro atoms. The summed E-state index contributed by atoms with van der Waals surface area (Å²) in [5.74, 6) is 6.15. The van der Waals surface area contributed by atoms with Gasteiger partial charge in [0.05, 0.1) is 12.6 Å². The number of aliphatic hydroxyl groups is 1. The SMILES string of the molecule is C[C@H](NCC#Cc1ccccc1)[C@H](O)c1ccccc1. The third-order valence-corrected chi connectivity index (χ3v) is 3.13. The van der Waals surface area contributed by atoms with Crippen LogP contribution in [0.25, 0.3) is 0 Å². The van der Waals surface area contributed by atoms with Crippen molar-refractivity contribution in [2.75, 3.05) is 6.54 Å². The molecule has 0 aromatic heterocycles. The first-order valence-electron chi connectivity index (χ1n) is 6.77. The Bertz CT molecular complexity index is 569. The summed E-state index contributed by atoms with van der Waals surface area (Å²) in [6.45, 7) is 2.52. The molecule has 0 saturated heterocycles. The average molecular weight is 265 g/mol. The molecule has 0 aliphatic rings. The van der Waals surface area contributed by atoms with E-state index in [9.17, 15) is 5.11 Å². The van der Waals surface area contributed by atoms with E-state index in [1.165, 1.54) is 0 Å². The van der Waals surface area contributed by atoms with Gasteiger partial charge in [-0.25, -0.2) is 0 Å². The molecule has 2 heteroatoms. The molecule has 0 amide bonds. The monoisotopic (exact) mass is 265 g/mol. The van der Waals surface area contributed by atoms with Gasteiger partial charge in [-0.05, 0) is 24.6 Å². The molecule has 2 atom stereocenters. The van der Waals surface area contributed by atoms with E-state index >= 15 is 0 Å². The summed E-state index contributed by atoms with van der Waals surface area (Å²) in [6, 6.07) is 19.5. The third-order valence-electron chi connectivity index (χ3n) is 3.13. The second kappa shape index (κ2) is 7.49. The second-order valence-corrected chi connectivity index (χ2v) is 4.69. The number of hydrogen-bond donors (Lipinski definition) is 2. The van der Waals surface area contributed by atoms with E-state index in [0.29, 0.717) is 6.54 Å². The van der Waals surface area contributed by atoms with Gasteiger partial charge in [-0.15, -0.1) is 0 Å². The first-order valence-corrected chi connectivity index (χ1v) is 6.77. The van der Waals surface area contributed by atoms with Crippen LogP contribution in [0.1, 0.15) is 24.2 Å². The topological polar surface area (TPSA) is 32.3 Å². The van der Waals surface area contributed by atoms with Crippen molar-refractivity contribution in [3.05, 3.63) is 71.8 Å². The number of benzene rings is 2. The predicted octanol–water partition coefficient (Wildman–Crippen LogP) is 2.75. The second-order valence-electron chi connectivity index (χ2n) is 4.69. The Morgan fingerprint density at radius 2 is 1.60 bits per heavy atom. The van der Waals surface area contributed by atoms with Gasteiger partial charge in [0, 0.05) is 11.6 Å². The van der Waals surface area contributed by atoms with Crippen LogP contribution < -0.4 is 5.32 Å². The van der Waals surface area contributed by atoms with Gasteiger partial charge in [-0.1, -0.05) is 60.4 Å². The normalized spacial score (nSPS) is 13.1. The van der Waals surface area contributed by atoms with Crippen LogP contribution in [0.2, 0.25) is 0 Å². The Kier molecular flexibility index (Phi) is 5.37. The van der Waals surface area contributed by atoms with Crippen molar-refractivity contribution in [1.29, 1.82) is 0 Å². The van der Waals surface area contributed by atoms with E-state index in [2.05, 4.69) is 17.2 Å². The van der Waals surface area contributed by atoms with Crippen molar-refractivity contribution >= 4 is 0 Å². The van der Waals surface area contributed by atoms with Crippen LogP contribution in [0.15, 0.2) is 60.7 Å².